The van der Waals surface area contributed by atoms with Crippen LogP contribution in [0.2, 0.25) is 0 Å². The number of anilines is 2. The molecule has 0 aromatic carbocycles. The van der Waals surface area contributed by atoms with E-state index in [0.29, 0.717) is 0 Å². The molecular weight excluding hydrogens is 856 g/mol. The zero-order valence-corrected chi connectivity index (χ0v) is 33.4. The van der Waals surface area contributed by atoms with Crippen molar-refractivity contribution in [2.75, 3.05) is 36.7 Å². The number of hydrogen-bond donors (Lipinski definition) is 7. The molecule has 9 N–H and O–H groups in total. The van der Waals surface area contributed by atoms with Gasteiger partial charge in [0.25, 0.3) is 0 Å². The molecule has 3 aromatic rings. The second kappa shape index (κ2) is 19.4. The molecule has 2 unspecified atom stereocenters. The number of esters is 1. The summed E-state index contributed by atoms with van der Waals surface area (Å²) in [4.78, 5) is 77.7. The van der Waals surface area contributed by atoms with Crippen LogP contribution in [0, 0.1) is 0 Å². The van der Waals surface area contributed by atoms with Crippen molar-refractivity contribution in [3.05, 3.63) is 48.1 Å². The number of phosphoric ester groups is 1. The average molecular weight is 898 g/mol. The van der Waals surface area contributed by atoms with Crippen molar-refractivity contribution < 1.29 is 80.0 Å². The van der Waals surface area contributed by atoms with Gasteiger partial charge in [-0.2, -0.15) is 9.66 Å². The van der Waals surface area contributed by atoms with Gasteiger partial charge in [-0.15, -0.1) is 6.58 Å². The van der Waals surface area contributed by atoms with E-state index in [9.17, 15) is 51.9 Å². The molecule has 0 spiro atoms. The normalized spacial score (nSPS) is 25.8. The van der Waals surface area contributed by atoms with E-state index in [0.717, 1.165) is 23.3 Å². The van der Waals surface area contributed by atoms with Crippen LogP contribution in [0.15, 0.2) is 42.4 Å². The summed E-state index contributed by atoms with van der Waals surface area (Å²) in [5.41, 5.74) is 10.6. The lowest BCUT2D eigenvalue weighted by Crippen LogP contribution is -2.47. The number of hydrogen-bond acceptors (Lipinski definition) is 22. The number of rotatable bonds is 20. The van der Waals surface area contributed by atoms with Crippen LogP contribution in [0.3, 0.4) is 0 Å². The number of phosphoric acid groups is 1. The number of fused-ring (bicyclic) bond motifs is 1. The number of aliphatic hydroxyl groups is 2. The number of carbonyl (C=O) groups is 2. The van der Waals surface area contributed by atoms with Crippen LogP contribution < -0.4 is 22.5 Å². The number of nitrogen functional groups attached to an aromatic ring is 2. The minimum Gasteiger partial charge on any atom is -0.455 e. The molecule has 0 radical (unpaired) electrons. The first-order chi connectivity index (χ1) is 27.8. The number of amides is 1. The minimum absolute atomic E-state index is 0.0161. The number of nitrogens with two attached hydrogens (primary N) is 2. The van der Waals surface area contributed by atoms with E-state index in [-0.39, 0.29) is 35.6 Å². The summed E-state index contributed by atoms with van der Waals surface area (Å²) in [6, 6.07) is -0.319. The molecule has 2 saturated heterocycles. The molecule has 1 amide bonds. The van der Waals surface area contributed by atoms with Crippen LogP contribution in [0.5, 0.6) is 0 Å². The van der Waals surface area contributed by atoms with E-state index in [1.807, 2.05) is 0 Å². The van der Waals surface area contributed by atoms with Crippen molar-refractivity contribution in [2.24, 2.45) is 0 Å². The third-order valence-electron chi connectivity index (χ3n) is 8.63. The largest absolute Gasteiger partial charge is 0.469 e. The highest BCUT2D eigenvalue weighted by atomic mass is 32.2. The topological polar surface area (TPSA) is 391 Å². The summed E-state index contributed by atoms with van der Waals surface area (Å²) in [6.07, 6.45) is -7.51. The van der Waals surface area contributed by atoms with E-state index in [4.69, 9.17) is 39.8 Å². The fourth-order valence-electron chi connectivity index (χ4n) is 5.84. The van der Waals surface area contributed by atoms with Crippen LogP contribution in [0.1, 0.15) is 31.7 Å². The molecule has 2 fully saturated rings. The first-order valence-corrected chi connectivity index (χ1v) is 22.0. The zero-order chi connectivity index (χ0) is 43.2. The van der Waals surface area contributed by atoms with E-state index in [1.165, 1.54) is 23.0 Å². The molecule has 2 aliphatic heterocycles. The molecule has 30 heteroatoms. The highest BCUT2D eigenvalue weighted by Crippen LogP contribution is 2.40. The molecule has 0 bridgehead atoms. The Balaban J connectivity index is 1.33. The van der Waals surface area contributed by atoms with Crippen LogP contribution in [-0.4, -0.2) is 137 Å². The number of carbonyl (C=O) groups excluding carboxylic acids is 2. The average Bonchev–Trinajstić information content (AvgIpc) is 3.82. The van der Waals surface area contributed by atoms with Gasteiger partial charge in [-0.1, -0.05) is 6.08 Å². The Labute approximate surface area is 333 Å². The Morgan fingerprint density at radius 3 is 2.44 bits per heavy atom. The summed E-state index contributed by atoms with van der Waals surface area (Å²) in [5, 5.41) is 24.9. The molecule has 326 valence electrons. The lowest BCUT2D eigenvalue weighted by molar-refractivity contribution is -0.272. The maximum absolute atomic E-state index is 13.6. The van der Waals surface area contributed by atoms with Crippen molar-refractivity contribution in [1.29, 1.82) is 0 Å². The van der Waals surface area contributed by atoms with Gasteiger partial charge in [0.15, 0.2) is 36.1 Å². The third kappa shape index (κ3) is 11.9. The van der Waals surface area contributed by atoms with Gasteiger partial charge in [0, 0.05) is 18.9 Å². The van der Waals surface area contributed by atoms with Gasteiger partial charge >= 0.3 is 27.7 Å². The molecule has 5 heterocycles. The van der Waals surface area contributed by atoms with Crippen LogP contribution in [0.4, 0.5) is 11.6 Å². The second-order valence-corrected chi connectivity index (χ2v) is 17.5. The van der Waals surface area contributed by atoms with Gasteiger partial charge in [-0.25, -0.2) is 42.4 Å². The molecule has 5 rings (SSSR count). The summed E-state index contributed by atoms with van der Waals surface area (Å²) in [5.74, 6) is -2.51. The number of aliphatic hydroxyl groups excluding tert-OH is 2. The fraction of sp³-hybridized carbons (Fsp3) is 0.552. The van der Waals surface area contributed by atoms with E-state index in [2.05, 4.69) is 36.4 Å². The molecule has 0 saturated carbocycles. The molecule has 2 aliphatic rings. The molecule has 0 aliphatic carbocycles. The SMILES string of the molecule is C=CCCC(=O)NC(CCS(C)(=O)=O)C(=O)O[C@H]1[C@@H](O)[C@H](n2cnc3c(N)ncnc32)O[C@H]1CO[PH](=O)OO[C@H]1[C@@H](O)[C@H](n2ccc(N)nc2=O)O[C@@H]1COP(=O)(O)O. The van der Waals surface area contributed by atoms with E-state index < -0.39 is 124 Å². The molecule has 27 nitrogen and oxygen atoms in total. The second-order valence-electron chi connectivity index (χ2n) is 13.0. The maximum Gasteiger partial charge on any atom is 0.469 e. The van der Waals surface area contributed by atoms with E-state index in [1.54, 1.807) is 0 Å². The number of nitrogens with one attached hydrogen (secondary N) is 1. The van der Waals surface area contributed by atoms with Crippen molar-refractivity contribution in [3.63, 3.8) is 0 Å². The van der Waals surface area contributed by atoms with Gasteiger partial charge in [0.05, 0.1) is 25.3 Å². The predicted octanol–water partition coefficient (Wildman–Crippen LogP) is -2.61. The van der Waals surface area contributed by atoms with Crippen LogP contribution in [0.25, 0.3) is 11.2 Å². The van der Waals surface area contributed by atoms with Crippen LogP contribution >= 0.6 is 16.1 Å². The number of ether oxygens (including phenoxy) is 3. The maximum atomic E-state index is 13.6. The van der Waals surface area contributed by atoms with Crippen molar-refractivity contribution in [3.8, 4) is 0 Å². The highest BCUT2D eigenvalue weighted by Gasteiger charge is 2.50. The smallest absolute Gasteiger partial charge is 0.455 e. The monoisotopic (exact) mass is 897 g/mol. The molecule has 10 atom stereocenters. The predicted molar refractivity (Wildman–Crippen MR) is 197 cm³/mol. The van der Waals surface area contributed by atoms with Gasteiger partial charge in [-0.05, 0) is 18.9 Å². The number of sulfone groups is 1. The summed E-state index contributed by atoms with van der Waals surface area (Å²) >= 11 is 0. The fourth-order valence-corrected chi connectivity index (χ4v) is 7.39. The standard InChI is InChI=1S/C29H41N9O18P2S/c1-3-4-5-18(39)35-14(7-9-59(2,48)49)28(42)54-22-15(52-27(20(22)40)38-13-34-19-24(31)32-12-33-25(19)38)10-50-57(44)56-55-23-16(11-51-58(45,46)47)53-26(21(23)41)37-8-6-17(30)36-29(37)43/h3,6,8,12-16,20-23,26-27,40-41,57H,1,4-5,7,9-11H2,2H3,(H,35,39)(H2,30,36,43)(H2,31,32,33)(H2,45,46,47)/t14?,15-,16+,20+,21+,22+,23+,26+,27+/m0/s1. The van der Waals surface area contributed by atoms with E-state index >= 15 is 0 Å². The first kappa shape index (κ1) is 45.8. The van der Waals surface area contributed by atoms with Crippen molar-refractivity contribution >= 4 is 60.6 Å². The molecule has 59 heavy (non-hydrogen) atoms. The first-order valence-electron chi connectivity index (χ1n) is 17.2. The van der Waals surface area contributed by atoms with Gasteiger partial charge in [0.1, 0.15) is 58.0 Å². The van der Waals surface area contributed by atoms with Crippen molar-refractivity contribution in [2.45, 2.75) is 74.4 Å². The van der Waals surface area contributed by atoms with Gasteiger partial charge < -0.3 is 55.5 Å². The lowest BCUT2D eigenvalue weighted by atomic mass is 10.1. The zero-order valence-electron chi connectivity index (χ0n) is 30.7. The highest BCUT2D eigenvalue weighted by molar-refractivity contribution is 7.90. The summed E-state index contributed by atoms with van der Waals surface area (Å²) in [6.45, 7) is 1.83. The molecule has 3 aromatic heterocycles. The number of imidazole rings is 1. The Bertz CT molecular complexity index is 2240. The van der Waals surface area contributed by atoms with Gasteiger partial charge in [0.2, 0.25) is 5.91 Å². The Kier molecular flexibility index (Phi) is 15.1. The number of allylic oxidation sites excluding steroid dienone is 1. The Morgan fingerprint density at radius 2 is 1.78 bits per heavy atom. The summed E-state index contributed by atoms with van der Waals surface area (Å²) in [7, 11) is -12.5. The molecular formula is C29H41N9O18P2S. The number of aromatic nitrogens is 6. The minimum atomic E-state index is -5.10. The lowest BCUT2D eigenvalue weighted by Gasteiger charge is -2.24. The van der Waals surface area contributed by atoms with Crippen molar-refractivity contribution in [1.82, 2.24) is 34.4 Å². The number of nitrogens with zero attached hydrogens (tertiary/aromatic N) is 6. The third-order valence-corrected chi connectivity index (χ3v) is 10.7. The van der Waals surface area contributed by atoms with Gasteiger partial charge in [-0.3, -0.25) is 23.0 Å². The summed E-state index contributed by atoms with van der Waals surface area (Å²) < 4.78 is 82.2. The Hall–Kier alpha value is -4.28. The quantitative estimate of drug-likeness (QED) is 0.0201. The van der Waals surface area contributed by atoms with Crippen LogP contribution in [-0.2, 0) is 61.4 Å². The Morgan fingerprint density at radius 1 is 1.10 bits per heavy atom.